The molecule has 0 amide bonds. The summed E-state index contributed by atoms with van der Waals surface area (Å²) >= 11 is 0. The molecule has 64 heavy (non-hydrogen) atoms. The van der Waals surface area contributed by atoms with Gasteiger partial charge in [-0.2, -0.15) is 0 Å². The topological polar surface area (TPSA) is 16.4 Å². The third-order valence-corrected chi connectivity index (χ3v) is 12.6. The van der Waals surface area contributed by atoms with Crippen molar-refractivity contribution in [1.29, 1.82) is 0 Å². The average Bonchev–Trinajstić information content (AvgIpc) is 3.82. The lowest BCUT2D eigenvalue weighted by Crippen LogP contribution is -2.09. The van der Waals surface area contributed by atoms with Crippen LogP contribution in [0.25, 0.3) is 99.1 Å². The largest absolute Gasteiger partial charge is 0.456 e. The number of rotatable bonds is 8. The molecule has 0 bridgehead atoms. The third-order valence-electron chi connectivity index (χ3n) is 12.6. The van der Waals surface area contributed by atoms with E-state index in [-0.39, 0.29) is 0 Å². The van der Waals surface area contributed by atoms with Crippen LogP contribution >= 0.6 is 0 Å². The van der Waals surface area contributed by atoms with Crippen LogP contribution in [0.3, 0.4) is 0 Å². The van der Waals surface area contributed by atoms with Crippen LogP contribution in [-0.2, 0) is 0 Å². The van der Waals surface area contributed by atoms with Crippen LogP contribution in [-0.4, -0.2) is 0 Å². The first-order valence-electron chi connectivity index (χ1n) is 21.9. The van der Waals surface area contributed by atoms with Crippen LogP contribution in [0.4, 0.5) is 17.1 Å². The van der Waals surface area contributed by atoms with E-state index in [0.717, 1.165) is 50.5 Å². The summed E-state index contributed by atoms with van der Waals surface area (Å²) in [5.74, 6) is 0.871. The number of hydrogen-bond donors (Lipinski definition) is 0. The molecule has 2 heteroatoms. The van der Waals surface area contributed by atoms with Crippen LogP contribution in [0.2, 0.25) is 0 Å². The van der Waals surface area contributed by atoms with E-state index in [2.05, 4.69) is 235 Å². The first-order chi connectivity index (χ1) is 31.7. The summed E-state index contributed by atoms with van der Waals surface area (Å²) in [6, 6.07) is 89.7. The monoisotopic (exact) mass is 815 g/mol. The van der Waals surface area contributed by atoms with Gasteiger partial charge >= 0.3 is 0 Å². The van der Waals surface area contributed by atoms with Crippen molar-refractivity contribution in [3.63, 3.8) is 0 Å². The Kier molecular flexibility index (Phi) is 9.20. The summed E-state index contributed by atoms with van der Waals surface area (Å²) < 4.78 is 6.23. The zero-order valence-electron chi connectivity index (χ0n) is 35.0. The number of benzene rings is 11. The molecule has 0 N–H and O–H groups in total. The molecule has 0 spiro atoms. The molecule has 0 saturated carbocycles. The number of nitrogens with zero attached hydrogens (tertiary/aromatic N) is 1. The minimum Gasteiger partial charge on any atom is -0.456 e. The van der Waals surface area contributed by atoms with Crippen molar-refractivity contribution in [2.75, 3.05) is 4.90 Å². The predicted molar refractivity (Wildman–Crippen MR) is 271 cm³/mol. The molecule has 0 fully saturated rings. The minimum atomic E-state index is 0.871. The third kappa shape index (κ3) is 6.98. The van der Waals surface area contributed by atoms with E-state index >= 15 is 0 Å². The standard InChI is InChI=1S/C62H41NO/c1-2-11-47-38-52(21-19-42(47)9-1)50-15-7-13-48(37-50)43-23-30-56(31-24-43)63(58-34-27-45(28-35-58)51-29-36-60-53(39-51)22-20-46-10-3-5-17-59(46)60)57-32-25-44(26-33-57)49-14-8-16-54(40-49)62-41-55-12-4-6-18-61(55)64-62/h1-41H. The van der Waals surface area contributed by atoms with E-state index in [1.807, 2.05) is 18.2 Å². The molecule has 0 radical (unpaired) electrons. The lowest BCUT2D eigenvalue weighted by molar-refractivity contribution is 0.631. The van der Waals surface area contributed by atoms with Crippen LogP contribution in [0, 0.1) is 0 Å². The highest BCUT2D eigenvalue weighted by Crippen LogP contribution is 2.40. The maximum absolute atomic E-state index is 6.23. The Morgan fingerprint density at radius 1 is 0.234 bits per heavy atom. The van der Waals surface area contributed by atoms with Crippen molar-refractivity contribution >= 4 is 60.3 Å². The molecule has 11 aromatic carbocycles. The van der Waals surface area contributed by atoms with Crippen LogP contribution in [0.1, 0.15) is 0 Å². The summed E-state index contributed by atoms with van der Waals surface area (Å²) in [6.07, 6.45) is 0. The normalized spacial score (nSPS) is 11.4. The number of para-hydroxylation sites is 1. The molecule has 1 heterocycles. The Hall–Kier alpha value is -8.46. The summed E-state index contributed by atoms with van der Waals surface area (Å²) in [5.41, 5.74) is 14.6. The highest BCUT2D eigenvalue weighted by molar-refractivity contribution is 6.08. The van der Waals surface area contributed by atoms with Gasteiger partial charge in [-0.05, 0) is 150 Å². The molecule has 12 rings (SSSR count). The van der Waals surface area contributed by atoms with Gasteiger partial charge in [-0.1, -0.05) is 176 Å². The molecule has 1 aromatic heterocycles. The van der Waals surface area contributed by atoms with Crippen molar-refractivity contribution in [2.24, 2.45) is 0 Å². The lowest BCUT2D eigenvalue weighted by atomic mass is 9.97. The van der Waals surface area contributed by atoms with Gasteiger partial charge in [0.15, 0.2) is 0 Å². The van der Waals surface area contributed by atoms with E-state index in [1.165, 1.54) is 65.7 Å². The maximum Gasteiger partial charge on any atom is 0.135 e. The Bertz CT molecular complexity index is 3620. The fourth-order valence-electron chi connectivity index (χ4n) is 9.27. The Labute approximate surface area is 372 Å². The fourth-order valence-corrected chi connectivity index (χ4v) is 9.27. The number of anilines is 3. The molecular weight excluding hydrogens is 775 g/mol. The van der Waals surface area contributed by atoms with Gasteiger partial charge in [0, 0.05) is 28.0 Å². The Morgan fingerprint density at radius 2 is 0.656 bits per heavy atom. The molecule has 0 saturated heterocycles. The second kappa shape index (κ2) is 15.8. The van der Waals surface area contributed by atoms with Gasteiger partial charge in [0.05, 0.1) is 0 Å². The van der Waals surface area contributed by atoms with E-state index < -0.39 is 0 Å². The molecule has 12 aromatic rings. The number of fused-ring (bicyclic) bond motifs is 5. The molecule has 0 aliphatic rings. The lowest BCUT2D eigenvalue weighted by Gasteiger charge is -2.26. The molecule has 0 unspecified atom stereocenters. The summed E-state index contributed by atoms with van der Waals surface area (Å²) in [4.78, 5) is 2.35. The molecule has 2 nitrogen and oxygen atoms in total. The SMILES string of the molecule is c1cc(-c2ccc(N(c3ccc(-c4cccc(-c5cc6ccccc6o5)c4)cc3)c3ccc(-c4ccc5c(ccc6ccccc65)c4)cc3)cc2)cc(-c2ccc3ccccc3c2)c1. The van der Waals surface area contributed by atoms with E-state index in [1.54, 1.807) is 0 Å². The van der Waals surface area contributed by atoms with Gasteiger partial charge in [0.1, 0.15) is 11.3 Å². The second-order valence-corrected chi connectivity index (χ2v) is 16.6. The van der Waals surface area contributed by atoms with Crippen LogP contribution in [0.15, 0.2) is 253 Å². The van der Waals surface area contributed by atoms with Crippen LogP contribution in [0.5, 0.6) is 0 Å². The van der Waals surface area contributed by atoms with Crippen molar-refractivity contribution < 1.29 is 4.42 Å². The first-order valence-corrected chi connectivity index (χ1v) is 21.9. The van der Waals surface area contributed by atoms with Gasteiger partial charge in [0.2, 0.25) is 0 Å². The predicted octanol–water partition coefficient (Wildman–Crippen LogP) is 17.7. The maximum atomic E-state index is 6.23. The average molecular weight is 816 g/mol. The van der Waals surface area contributed by atoms with E-state index in [0.29, 0.717) is 0 Å². The highest BCUT2D eigenvalue weighted by atomic mass is 16.3. The smallest absolute Gasteiger partial charge is 0.135 e. The van der Waals surface area contributed by atoms with Crippen molar-refractivity contribution in [3.8, 4) is 55.8 Å². The van der Waals surface area contributed by atoms with Gasteiger partial charge < -0.3 is 9.32 Å². The summed E-state index contributed by atoms with van der Waals surface area (Å²) in [7, 11) is 0. The Morgan fingerprint density at radius 3 is 1.31 bits per heavy atom. The number of hydrogen-bond acceptors (Lipinski definition) is 2. The first kappa shape index (κ1) is 37.3. The zero-order chi connectivity index (χ0) is 42.4. The molecule has 0 aliphatic heterocycles. The van der Waals surface area contributed by atoms with E-state index in [9.17, 15) is 0 Å². The summed E-state index contributed by atoms with van der Waals surface area (Å²) in [6.45, 7) is 0. The summed E-state index contributed by atoms with van der Waals surface area (Å²) in [5, 5.41) is 8.67. The van der Waals surface area contributed by atoms with E-state index in [4.69, 9.17) is 4.42 Å². The quantitative estimate of drug-likeness (QED) is 0.142. The van der Waals surface area contributed by atoms with Crippen molar-refractivity contribution in [2.45, 2.75) is 0 Å². The highest BCUT2D eigenvalue weighted by Gasteiger charge is 2.15. The molecule has 0 atom stereocenters. The van der Waals surface area contributed by atoms with Gasteiger partial charge in [-0.15, -0.1) is 0 Å². The van der Waals surface area contributed by atoms with Crippen LogP contribution < -0.4 is 4.90 Å². The zero-order valence-corrected chi connectivity index (χ0v) is 35.0. The molecule has 0 aliphatic carbocycles. The molecular formula is C62H41NO. The van der Waals surface area contributed by atoms with Gasteiger partial charge in [-0.25, -0.2) is 0 Å². The van der Waals surface area contributed by atoms with Gasteiger partial charge in [-0.3, -0.25) is 0 Å². The second-order valence-electron chi connectivity index (χ2n) is 16.6. The fraction of sp³-hybridized carbons (Fsp3) is 0. The Balaban J connectivity index is 0.886. The minimum absolute atomic E-state index is 0.871. The van der Waals surface area contributed by atoms with Crippen molar-refractivity contribution in [1.82, 2.24) is 0 Å². The molecule has 300 valence electrons. The van der Waals surface area contributed by atoms with Gasteiger partial charge in [0.25, 0.3) is 0 Å². The number of furan rings is 1. The van der Waals surface area contributed by atoms with Crippen molar-refractivity contribution in [3.05, 3.63) is 249 Å².